The fourth-order valence-electron chi connectivity index (χ4n) is 2.71. The Bertz CT molecular complexity index is 870. The van der Waals surface area contributed by atoms with Crippen molar-refractivity contribution in [1.29, 1.82) is 0 Å². The lowest BCUT2D eigenvalue weighted by atomic mass is 10.1. The van der Waals surface area contributed by atoms with Crippen molar-refractivity contribution >= 4 is 17.1 Å². The predicted molar refractivity (Wildman–Crippen MR) is 78.5 cm³/mol. The number of benzene rings is 1. The highest BCUT2D eigenvalue weighted by atomic mass is 19.1. The van der Waals surface area contributed by atoms with Crippen molar-refractivity contribution in [2.45, 2.75) is 6.42 Å². The summed E-state index contributed by atoms with van der Waals surface area (Å²) in [6.07, 6.45) is 2.49. The molecule has 0 bridgehead atoms. The predicted octanol–water partition coefficient (Wildman–Crippen LogP) is 2.52. The smallest absolute Gasteiger partial charge is 0.207 e. The number of anilines is 1. The lowest BCUT2D eigenvalue weighted by Crippen LogP contribution is -2.38. The third-order valence-corrected chi connectivity index (χ3v) is 3.97. The minimum absolute atomic E-state index is 0.243. The molecule has 5 nitrogen and oxygen atoms in total. The minimum atomic E-state index is -0.647. The number of imidazole rings is 1. The van der Waals surface area contributed by atoms with Gasteiger partial charge in [0.1, 0.15) is 29.2 Å². The molecular formula is C15H13F2N5. The molecule has 1 aliphatic heterocycles. The molecule has 0 saturated carbocycles. The van der Waals surface area contributed by atoms with Gasteiger partial charge in [0.2, 0.25) is 5.95 Å². The van der Waals surface area contributed by atoms with E-state index in [1.54, 1.807) is 0 Å². The van der Waals surface area contributed by atoms with Gasteiger partial charge in [-0.3, -0.25) is 0 Å². The van der Waals surface area contributed by atoms with Crippen molar-refractivity contribution in [1.82, 2.24) is 19.5 Å². The zero-order valence-corrected chi connectivity index (χ0v) is 11.9. The van der Waals surface area contributed by atoms with E-state index in [1.807, 2.05) is 11.6 Å². The molecule has 1 saturated heterocycles. The number of rotatable bonds is 2. The molecule has 0 amide bonds. The second-order valence-corrected chi connectivity index (χ2v) is 5.33. The second kappa shape index (κ2) is 4.72. The van der Waals surface area contributed by atoms with Crippen molar-refractivity contribution in [2.24, 2.45) is 7.05 Å². The molecule has 1 fully saturated rings. The zero-order chi connectivity index (χ0) is 15.3. The van der Waals surface area contributed by atoms with Gasteiger partial charge >= 0.3 is 0 Å². The van der Waals surface area contributed by atoms with Gasteiger partial charge in [0.05, 0.1) is 0 Å². The molecule has 1 aliphatic rings. The van der Waals surface area contributed by atoms with E-state index in [2.05, 4.69) is 19.9 Å². The van der Waals surface area contributed by atoms with Crippen molar-refractivity contribution in [2.75, 3.05) is 18.0 Å². The van der Waals surface area contributed by atoms with Gasteiger partial charge < -0.3 is 9.47 Å². The molecule has 0 unspecified atom stereocenters. The molecule has 0 spiro atoms. The van der Waals surface area contributed by atoms with E-state index in [1.165, 1.54) is 18.5 Å². The van der Waals surface area contributed by atoms with Crippen molar-refractivity contribution in [3.8, 4) is 11.3 Å². The van der Waals surface area contributed by atoms with E-state index in [-0.39, 0.29) is 5.56 Å². The van der Waals surface area contributed by atoms with E-state index in [0.29, 0.717) is 16.9 Å². The molecule has 7 heteroatoms. The van der Waals surface area contributed by atoms with Crippen molar-refractivity contribution in [3.63, 3.8) is 0 Å². The summed E-state index contributed by atoms with van der Waals surface area (Å²) in [5.41, 5.74) is 1.82. The minimum Gasteiger partial charge on any atom is -0.342 e. The van der Waals surface area contributed by atoms with Crippen LogP contribution in [0.4, 0.5) is 14.7 Å². The Morgan fingerprint density at radius 3 is 2.64 bits per heavy atom. The Kier molecular flexibility index (Phi) is 2.82. The molecule has 2 aromatic heterocycles. The van der Waals surface area contributed by atoms with Crippen LogP contribution in [0.15, 0.2) is 24.5 Å². The van der Waals surface area contributed by atoms with Crippen LogP contribution in [-0.4, -0.2) is 32.6 Å². The van der Waals surface area contributed by atoms with E-state index < -0.39 is 11.6 Å². The number of aryl methyl sites for hydroxylation is 1. The van der Waals surface area contributed by atoms with Crippen LogP contribution in [0.1, 0.15) is 6.42 Å². The number of aromatic nitrogens is 4. The quantitative estimate of drug-likeness (QED) is 0.730. The Morgan fingerprint density at radius 2 is 1.95 bits per heavy atom. The van der Waals surface area contributed by atoms with Gasteiger partial charge in [-0.1, -0.05) is 0 Å². The summed E-state index contributed by atoms with van der Waals surface area (Å²) < 4.78 is 29.1. The maximum Gasteiger partial charge on any atom is 0.207 e. The maximum atomic E-state index is 14.1. The Hall–Kier alpha value is -2.57. The van der Waals surface area contributed by atoms with E-state index in [9.17, 15) is 8.78 Å². The normalized spacial score (nSPS) is 14.4. The first kappa shape index (κ1) is 13.1. The molecule has 3 aromatic rings. The fourth-order valence-corrected chi connectivity index (χ4v) is 2.71. The number of halogens is 2. The number of hydrogen-bond acceptors (Lipinski definition) is 4. The molecular weight excluding hydrogens is 288 g/mol. The largest absolute Gasteiger partial charge is 0.342 e. The molecule has 112 valence electrons. The average Bonchev–Trinajstić information content (AvgIpc) is 2.75. The molecule has 0 N–H and O–H groups in total. The molecule has 0 atom stereocenters. The topological polar surface area (TPSA) is 46.8 Å². The zero-order valence-electron chi connectivity index (χ0n) is 11.9. The van der Waals surface area contributed by atoms with Crippen LogP contribution in [0, 0.1) is 11.6 Å². The van der Waals surface area contributed by atoms with Gasteiger partial charge in [-0.25, -0.2) is 18.7 Å². The van der Waals surface area contributed by atoms with E-state index in [4.69, 9.17) is 0 Å². The van der Waals surface area contributed by atoms with Crippen molar-refractivity contribution < 1.29 is 8.78 Å². The molecule has 22 heavy (non-hydrogen) atoms. The fraction of sp³-hybridized carbons (Fsp3) is 0.267. The van der Waals surface area contributed by atoms with Gasteiger partial charge in [-0.05, 0) is 18.6 Å². The summed E-state index contributed by atoms with van der Waals surface area (Å²) in [5.74, 6) is -0.463. The van der Waals surface area contributed by atoms with Crippen LogP contribution in [0.5, 0.6) is 0 Å². The Balaban J connectivity index is 1.96. The number of hydrogen-bond donors (Lipinski definition) is 0. The highest BCUT2D eigenvalue weighted by Crippen LogP contribution is 2.31. The summed E-state index contributed by atoms with van der Waals surface area (Å²) in [6, 6.07) is 3.47. The van der Waals surface area contributed by atoms with Gasteiger partial charge in [0.25, 0.3) is 0 Å². The lowest BCUT2D eigenvalue weighted by molar-refractivity contribution is 0.585. The third kappa shape index (κ3) is 1.85. The standard InChI is InChI=1S/C15H13F2N5/c1-21-13-12(10-4-3-9(16)7-11(10)17)18-8-19-14(13)20-15(21)22-5-2-6-22/h3-4,7-8H,2,5-6H2,1H3. The summed E-state index contributed by atoms with van der Waals surface area (Å²) in [5, 5.41) is 0. The van der Waals surface area contributed by atoms with Crippen LogP contribution >= 0.6 is 0 Å². The van der Waals surface area contributed by atoms with Crippen molar-refractivity contribution in [3.05, 3.63) is 36.2 Å². The third-order valence-electron chi connectivity index (χ3n) is 3.97. The monoisotopic (exact) mass is 301 g/mol. The highest BCUT2D eigenvalue weighted by molar-refractivity contribution is 5.89. The van der Waals surface area contributed by atoms with Gasteiger partial charge in [-0.2, -0.15) is 4.98 Å². The lowest BCUT2D eigenvalue weighted by Gasteiger charge is -2.31. The van der Waals surface area contributed by atoms with Crippen LogP contribution in [0.3, 0.4) is 0 Å². The Labute approximate surface area is 125 Å². The molecule has 4 rings (SSSR count). The first-order chi connectivity index (χ1) is 10.6. The van der Waals surface area contributed by atoms with E-state index in [0.717, 1.165) is 31.5 Å². The number of fused-ring (bicyclic) bond motifs is 1. The molecule has 0 radical (unpaired) electrons. The molecule has 0 aliphatic carbocycles. The van der Waals surface area contributed by atoms with Crippen LogP contribution in [0.25, 0.3) is 22.4 Å². The van der Waals surface area contributed by atoms with E-state index >= 15 is 0 Å². The summed E-state index contributed by atoms with van der Waals surface area (Å²) >= 11 is 0. The average molecular weight is 301 g/mol. The van der Waals surface area contributed by atoms with Crippen LogP contribution in [0.2, 0.25) is 0 Å². The van der Waals surface area contributed by atoms with Crippen LogP contribution in [-0.2, 0) is 7.05 Å². The summed E-state index contributed by atoms with van der Waals surface area (Å²) in [4.78, 5) is 15.0. The summed E-state index contributed by atoms with van der Waals surface area (Å²) in [6.45, 7) is 1.90. The molecule has 1 aromatic carbocycles. The number of nitrogens with zero attached hydrogens (tertiary/aromatic N) is 5. The first-order valence-corrected chi connectivity index (χ1v) is 7.03. The molecule has 3 heterocycles. The second-order valence-electron chi connectivity index (χ2n) is 5.33. The maximum absolute atomic E-state index is 14.1. The van der Waals surface area contributed by atoms with Crippen LogP contribution < -0.4 is 4.90 Å². The Morgan fingerprint density at radius 1 is 1.14 bits per heavy atom. The first-order valence-electron chi connectivity index (χ1n) is 7.03. The van der Waals surface area contributed by atoms with Gasteiger partial charge in [0.15, 0.2) is 5.65 Å². The highest BCUT2D eigenvalue weighted by Gasteiger charge is 2.23. The van der Waals surface area contributed by atoms with Gasteiger partial charge in [-0.15, -0.1) is 0 Å². The van der Waals surface area contributed by atoms with Gasteiger partial charge in [0, 0.05) is 31.8 Å². The SMILES string of the molecule is Cn1c(N2CCC2)nc2ncnc(-c3ccc(F)cc3F)c21. The summed E-state index contributed by atoms with van der Waals surface area (Å²) in [7, 11) is 1.86.